The number of anilines is 3. The molecule has 7 heteroatoms. The predicted octanol–water partition coefficient (Wildman–Crippen LogP) is 6.15. The van der Waals surface area contributed by atoms with Gasteiger partial charge in [0.25, 0.3) is 0 Å². The summed E-state index contributed by atoms with van der Waals surface area (Å²) in [6, 6.07) is 17.0. The van der Waals surface area contributed by atoms with E-state index in [9.17, 15) is 9.59 Å². The maximum Gasteiger partial charge on any atom is 0.327 e. The number of carbonyl (C=O) groups is 2. The van der Waals surface area contributed by atoms with Gasteiger partial charge in [0.15, 0.2) is 5.78 Å². The number of amides is 2. The highest BCUT2D eigenvalue weighted by molar-refractivity contribution is 6.33. The summed E-state index contributed by atoms with van der Waals surface area (Å²) in [5.74, 6) is 0.536. The van der Waals surface area contributed by atoms with Gasteiger partial charge in [0.2, 0.25) is 0 Å². The average Bonchev–Trinajstić information content (AvgIpc) is 3.25. The molecule has 2 aliphatic rings. The van der Waals surface area contributed by atoms with Crippen LogP contribution in [-0.2, 0) is 4.79 Å². The van der Waals surface area contributed by atoms with Crippen LogP contribution in [0.1, 0.15) is 31.1 Å². The Balaban J connectivity index is 1.69. The van der Waals surface area contributed by atoms with Crippen molar-refractivity contribution in [1.29, 1.82) is 0 Å². The smallest absolute Gasteiger partial charge is 0.327 e. The molecule has 1 unspecified atom stereocenters. The van der Waals surface area contributed by atoms with Crippen LogP contribution in [0.15, 0.2) is 82.6 Å². The molecule has 1 aliphatic heterocycles. The first kappa shape index (κ1) is 19.5. The first-order valence-corrected chi connectivity index (χ1v) is 10.5. The van der Waals surface area contributed by atoms with Crippen LogP contribution in [0.4, 0.5) is 21.9 Å². The number of nitrogens with one attached hydrogen (secondary N) is 2. The quantitative estimate of drug-likeness (QED) is 0.508. The summed E-state index contributed by atoms with van der Waals surface area (Å²) < 4.78 is 5.73. The molecular formula is C24H20ClN3O3. The fourth-order valence-corrected chi connectivity index (χ4v) is 4.39. The molecule has 0 bridgehead atoms. The molecule has 2 N–H and O–H groups in total. The number of carbonyl (C=O) groups excluding carboxylic acids is 2. The topological polar surface area (TPSA) is 74.6 Å². The fraction of sp³-hybridized carbons (Fsp3) is 0.167. The number of furan rings is 1. The molecule has 0 fully saturated rings. The molecule has 6 nitrogen and oxygen atoms in total. The molecule has 5 rings (SSSR count). The number of ketones is 1. The second-order valence-electron chi connectivity index (χ2n) is 7.51. The highest BCUT2D eigenvalue weighted by Crippen LogP contribution is 2.45. The molecule has 3 aromatic rings. The van der Waals surface area contributed by atoms with Gasteiger partial charge in [-0.3, -0.25) is 9.69 Å². The van der Waals surface area contributed by atoms with Crippen LogP contribution < -0.4 is 15.5 Å². The van der Waals surface area contributed by atoms with Crippen LogP contribution in [0, 0.1) is 0 Å². The number of halogens is 1. The zero-order chi connectivity index (χ0) is 21.4. The molecule has 31 heavy (non-hydrogen) atoms. The lowest BCUT2D eigenvalue weighted by Gasteiger charge is -2.32. The lowest BCUT2D eigenvalue weighted by Crippen LogP contribution is -2.40. The van der Waals surface area contributed by atoms with Gasteiger partial charge in [-0.05, 0) is 49.2 Å². The third-order valence-corrected chi connectivity index (χ3v) is 5.91. The molecule has 0 spiro atoms. The van der Waals surface area contributed by atoms with Gasteiger partial charge in [-0.15, -0.1) is 0 Å². The Morgan fingerprint density at radius 2 is 1.87 bits per heavy atom. The standard InChI is InChI=1S/C24H20ClN3O3/c25-15-7-1-2-8-16(15)27-24(30)28-19-11-4-3-9-17(19)26-18-10-5-12-20(29)22(18)23(28)21-13-6-14-31-21/h1-4,6-9,11,13-14,23,26H,5,10,12H2,(H,27,30). The van der Waals surface area contributed by atoms with E-state index in [2.05, 4.69) is 10.6 Å². The van der Waals surface area contributed by atoms with E-state index in [-0.39, 0.29) is 5.78 Å². The summed E-state index contributed by atoms with van der Waals surface area (Å²) >= 11 is 6.28. The lowest BCUT2D eigenvalue weighted by atomic mass is 9.88. The molecule has 0 saturated heterocycles. The van der Waals surface area contributed by atoms with Crippen LogP contribution in [0.3, 0.4) is 0 Å². The Morgan fingerprint density at radius 1 is 1.06 bits per heavy atom. The molecule has 2 amide bonds. The zero-order valence-electron chi connectivity index (χ0n) is 16.6. The number of hydrogen-bond acceptors (Lipinski definition) is 4. The van der Waals surface area contributed by atoms with Gasteiger partial charge < -0.3 is 15.1 Å². The number of hydrogen-bond donors (Lipinski definition) is 2. The first-order chi connectivity index (χ1) is 15.1. The van der Waals surface area contributed by atoms with Gasteiger partial charge in [-0.25, -0.2) is 4.79 Å². The Bertz CT molecular complexity index is 1190. The number of rotatable bonds is 2. The van der Waals surface area contributed by atoms with Crippen LogP contribution in [0.5, 0.6) is 0 Å². The van der Waals surface area contributed by atoms with Crippen LogP contribution in [0.2, 0.25) is 5.02 Å². The van der Waals surface area contributed by atoms with E-state index in [0.29, 0.717) is 34.2 Å². The van der Waals surface area contributed by atoms with Gasteiger partial charge in [-0.1, -0.05) is 35.9 Å². The molecule has 0 saturated carbocycles. The van der Waals surface area contributed by atoms with Crippen molar-refractivity contribution in [2.45, 2.75) is 25.3 Å². The van der Waals surface area contributed by atoms with Crippen molar-refractivity contribution in [1.82, 2.24) is 0 Å². The molecule has 1 aromatic heterocycles. The van der Waals surface area contributed by atoms with Crippen molar-refractivity contribution in [3.05, 3.63) is 89.0 Å². The largest absolute Gasteiger partial charge is 0.467 e. The van der Waals surface area contributed by atoms with Gasteiger partial charge in [0.1, 0.15) is 11.8 Å². The summed E-state index contributed by atoms with van der Waals surface area (Å²) in [5, 5.41) is 6.75. The molecule has 156 valence electrons. The predicted molar refractivity (Wildman–Crippen MR) is 120 cm³/mol. The second-order valence-corrected chi connectivity index (χ2v) is 7.92. The number of fused-ring (bicyclic) bond motifs is 1. The highest BCUT2D eigenvalue weighted by atomic mass is 35.5. The first-order valence-electron chi connectivity index (χ1n) is 10.1. The van der Waals surface area contributed by atoms with E-state index in [1.165, 1.54) is 0 Å². The number of para-hydroxylation sites is 3. The third kappa shape index (κ3) is 3.49. The lowest BCUT2D eigenvalue weighted by molar-refractivity contribution is -0.116. The van der Waals surface area contributed by atoms with E-state index in [1.807, 2.05) is 24.3 Å². The van der Waals surface area contributed by atoms with Crippen LogP contribution in [-0.4, -0.2) is 11.8 Å². The monoisotopic (exact) mass is 433 g/mol. The summed E-state index contributed by atoms with van der Waals surface area (Å²) in [7, 11) is 0. The summed E-state index contributed by atoms with van der Waals surface area (Å²) in [5.41, 5.74) is 3.29. The van der Waals surface area contributed by atoms with Gasteiger partial charge >= 0.3 is 6.03 Å². The van der Waals surface area contributed by atoms with Crippen molar-refractivity contribution in [2.24, 2.45) is 0 Å². The second kappa shape index (κ2) is 7.96. The Labute approximate surface area is 184 Å². The Kier molecular flexibility index (Phi) is 5.00. The molecule has 1 aliphatic carbocycles. The molecular weight excluding hydrogens is 414 g/mol. The molecule has 0 radical (unpaired) electrons. The van der Waals surface area contributed by atoms with Crippen molar-refractivity contribution in [3.63, 3.8) is 0 Å². The zero-order valence-corrected chi connectivity index (χ0v) is 17.4. The van der Waals surface area contributed by atoms with Crippen molar-refractivity contribution >= 4 is 40.5 Å². The van der Waals surface area contributed by atoms with E-state index in [4.69, 9.17) is 16.0 Å². The number of benzene rings is 2. The summed E-state index contributed by atoms with van der Waals surface area (Å²) in [6.45, 7) is 0. The van der Waals surface area contributed by atoms with E-state index >= 15 is 0 Å². The van der Waals surface area contributed by atoms with Crippen molar-refractivity contribution in [2.75, 3.05) is 15.5 Å². The van der Waals surface area contributed by atoms with E-state index in [1.54, 1.807) is 47.6 Å². The van der Waals surface area contributed by atoms with Crippen molar-refractivity contribution < 1.29 is 14.0 Å². The fourth-order valence-electron chi connectivity index (χ4n) is 4.21. The average molecular weight is 434 g/mol. The minimum absolute atomic E-state index is 0.0125. The maximum atomic E-state index is 13.7. The highest BCUT2D eigenvalue weighted by Gasteiger charge is 2.41. The van der Waals surface area contributed by atoms with E-state index in [0.717, 1.165) is 24.2 Å². The minimum atomic E-state index is -0.698. The van der Waals surface area contributed by atoms with Gasteiger partial charge in [0.05, 0.1) is 28.3 Å². The number of allylic oxidation sites excluding steroid dienone is 1. The SMILES string of the molecule is O=C1CCCC2=C1C(c1ccco1)N(C(=O)Nc1ccccc1Cl)c1ccccc1N2. The normalized spacial score (nSPS) is 18.0. The Morgan fingerprint density at radius 3 is 2.68 bits per heavy atom. The summed E-state index contributed by atoms with van der Waals surface area (Å²) in [4.78, 5) is 28.4. The molecule has 1 atom stereocenters. The number of Topliss-reactive ketones (excluding diaryl/α,β-unsaturated/α-hetero) is 1. The maximum absolute atomic E-state index is 13.7. The van der Waals surface area contributed by atoms with Crippen molar-refractivity contribution in [3.8, 4) is 0 Å². The Hall–Kier alpha value is -3.51. The van der Waals surface area contributed by atoms with Crippen LogP contribution in [0.25, 0.3) is 0 Å². The number of urea groups is 1. The van der Waals surface area contributed by atoms with Crippen LogP contribution >= 0.6 is 11.6 Å². The molecule has 2 aromatic carbocycles. The summed E-state index contributed by atoms with van der Waals surface area (Å²) in [6.07, 6.45) is 3.49. The van der Waals surface area contributed by atoms with Gasteiger partial charge in [-0.2, -0.15) is 0 Å². The van der Waals surface area contributed by atoms with E-state index < -0.39 is 12.1 Å². The minimum Gasteiger partial charge on any atom is -0.467 e. The number of nitrogens with zero attached hydrogens (tertiary/aromatic N) is 1. The van der Waals surface area contributed by atoms with Gasteiger partial charge in [0, 0.05) is 17.7 Å². The molecule has 2 heterocycles. The third-order valence-electron chi connectivity index (χ3n) is 5.58.